The van der Waals surface area contributed by atoms with Crippen molar-refractivity contribution in [2.45, 2.75) is 43.8 Å². The first-order valence-electron chi connectivity index (χ1n) is 8.00. The van der Waals surface area contributed by atoms with Crippen molar-refractivity contribution >= 4 is 48.4 Å². The SMILES string of the molecule is COOP(O)(=S)OCCCCCCSC1CC(=O)N(CCC=O)C1=O. The van der Waals surface area contributed by atoms with Gasteiger partial charge < -0.3 is 14.2 Å². The van der Waals surface area contributed by atoms with E-state index in [4.69, 9.17) is 16.3 Å². The van der Waals surface area contributed by atoms with Gasteiger partial charge in [-0.1, -0.05) is 12.8 Å². The molecule has 0 saturated carbocycles. The van der Waals surface area contributed by atoms with E-state index in [0.717, 1.165) is 31.4 Å². The van der Waals surface area contributed by atoms with Crippen molar-refractivity contribution in [1.82, 2.24) is 4.90 Å². The zero-order valence-corrected chi connectivity index (χ0v) is 16.7. The van der Waals surface area contributed by atoms with Gasteiger partial charge in [0.1, 0.15) is 6.29 Å². The third kappa shape index (κ3) is 8.72. The van der Waals surface area contributed by atoms with Crippen molar-refractivity contribution in [3.63, 3.8) is 0 Å². The fourth-order valence-corrected chi connectivity index (χ4v) is 4.46. The van der Waals surface area contributed by atoms with Crippen molar-refractivity contribution in [1.29, 1.82) is 0 Å². The van der Waals surface area contributed by atoms with Crippen molar-refractivity contribution in [2.24, 2.45) is 0 Å². The molecular weight excluding hydrogens is 389 g/mol. The van der Waals surface area contributed by atoms with Crippen LogP contribution in [-0.2, 0) is 40.3 Å². The zero-order chi connectivity index (χ0) is 18.7. The Kier molecular flexibility index (Phi) is 11.0. The number of carbonyl (C=O) groups is 3. The fraction of sp³-hybridized carbons (Fsp3) is 0.786. The molecule has 1 saturated heterocycles. The molecule has 25 heavy (non-hydrogen) atoms. The molecule has 1 heterocycles. The molecule has 0 aromatic heterocycles. The van der Waals surface area contributed by atoms with Gasteiger partial charge in [0.15, 0.2) is 0 Å². The molecule has 144 valence electrons. The molecule has 1 fully saturated rings. The fourth-order valence-electron chi connectivity index (χ4n) is 2.28. The number of imide groups is 1. The maximum Gasteiger partial charge on any atom is 0.353 e. The number of hydrogen-bond acceptors (Lipinski definition) is 8. The standard InChI is InChI=1S/C14H24NO7PS2/c1-20-22-23(19,24)21-9-4-2-3-5-10-25-12-11-13(17)15(14(12)18)7-6-8-16/h8,12H,2-7,9-11H2,1H3,(H,19,24). The van der Waals surface area contributed by atoms with Crippen LogP contribution in [0.4, 0.5) is 0 Å². The maximum absolute atomic E-state index is 12.1. The number of hydrogen-bond donors (Lipinski definition) is 1. The number of rotatable bonds is 14. The first-order chi connectivity index (χ1) is 11.9. The topological polar surface area (TPSA) is 102 Å². The van der Waals surface area contributed by atoms with E-state index in [1.165, 1.54) is 23.8 Å². The van der Waals surface area contributed by atoms with E-state index in [1.54, 1.807) is 0 Å². The summed E-state index contributed by atoms with van der Waals surface area (Å²) in [5.41, 5.74) is 0. The number of carbonyl (C=O) groups excluding carboxylic acids is 3. The Labute approximate surface area is 156 Å². The van der Waals surface area contributed by atoms with Crippen LogP contribution in [0.25, 0.3) is 0 Å². The first-order valence-corrected chi connectivity index (χ1v) is 11.6. The van der Waals surface area contributed by atoms with Gasteiger partial charge >= 0.3 is 6.72 Å². The van der Waals surface area contributed by atoms with E-state index in [0.29, 0.717) is 12.9 Å². The molecule has 1 N–H and O–H groups in total. The Morgan fingerprint density at radius 3 is 2.76 bits per heavy atom. The Bertz CT molecular complexity index is 506. The minimum Gasteiger partial charge on any atom is -0.323 e. The minimum absolute atomic E-state index is 0.183. The smallest absolute Gasteiger partial charge is 0.323 e. The number of likely N-dealkylation sites (tertiary alicyclic amines) is 1. The third-order valence-corrected chi connectivity index (χ3v) is 6.09. The highest BCUT2D eigenvalue weighted by Gasteiger charge is 2.38. The summed E-state index contributed by atoms with van der Waals surface area (Å²) in [4.78, 5) is 49.2. The van der Waals surface area contributed by atoms with Crippen molar-refractivity contribution < 1.29 is 33.4 Å². The molecule has 1 aliphatic heterocycles. The summed E-state index contributed by atoms with van der Waals surface area (Å²) in [5.74, 6) is 0.410. The molecule has 2 atom stereocenters. The Balaban J connectivity index is 2.08. The highest BCUT2D eigenvalue weighted by Crippen LogP contribution is 2.43. The quantitative estimate of drug-likeness (QED) is 0.114. The summed E-state index contributed by atoms with van der Waals surface area (Å²) in [7, 11) is 1.25. The van der Waals surface area contributed by atoms with Crippen LogP contribution in [0.2, 0.25) is 0 Å². The number of amides is 2. The van der Waals surface area contributed by atoms with Gasteiger partial charge in [-0.05, 0) is 30.4 Å². The van der Waals surface area contributed by atoms with E-state index >= 15 is 0 Å². The van der Waals surface area contributed by atoms with Crippen molar-refractivity contribution in [3.8, 4) is 0 Å². The number of unbranched alkanes of at least 4 members (excludes halogenated alkanes) is 3. The predicted molar refractivity (Wildman–Crippen MR) is 97.3 cm³/mol. The number of aldehydes is 1. The van der Waals surface area contributed by atoms with E-state index < -0.39 is 6.72 Å². The van der Waals surface area contributed by atoms with Crippen molar-refractivity contribution in [2.75, 3.05) is 26.0 Å². The number of thioether (sulfide) groups is 1. The molecule has 0 aromatic rings. The van der Waals surface area contributed by atoms with Crippen LogP contribution in [0.5, 0.6) is 0 Å². The molecule has 1 aliphatic rings. The summed E-state index contributed by atoms with van der Waals surface area (Å²) < 4.78 is 9.50. The van der Waals surface area contributed by atoms with E-state index in [-0.39, 0.29) is 36.5 Å². The number of nitrogens with zero attached hydrogens (tertiary/aromatic N) is 1. The molecule has 11 heteroatoms. The van der Waals surface area contributed by atoms with Gasteiger partial charge in [0, 0.05) is 19.4 Å². The molecule has 0 aromatic carbocycles. The molecule has 0 spiro atoms. The summed E-state index contributed by atoms with van der Waals surface area (Å²) in [6.07, 6.45) is 4.60. The summed E-state index contributed by atoms with van der Waals surface area (Å²) in [5, 5.41) is -0.325. The molecule has 1 rings (SSSR count). The lowest BCUT2D eigenvalue weighted by molar-refractivity contribution is -0.189. The molecule has 0 bridgehead atoms. The lowest BCUT2D eigenvalue weighted by Gasteiger charge is -2.13. The van der Waals surface area contributed by atoms with Crippen molar-refractivity contribution in [3.05, 3.63) is 0 Å². The molecule has 2 amide bonds. The average molecular weight is 413 g/mol. The van der Waals surface area contributed by atoms with Gasteiger partial charge in [-0.2, -0.15) is 0 Å². The monoisotopic (exact) mass is 413 g/mol. The molecule has 8 nitrogen and oxygen atoms in total. The molecule has 0 aliphatic carbocycles. The second-order valence-electron chi connectivity index (χ2n) is 5.36. The lowest BCUT2D eigenvalue weighted by atomic mass is 10.2. The van der Waals surface area contributed by atoms with Crippen LogP contribution < -0.4 is 0 Å². The Hall–Kier alpha value is -0.350. The summed E-state index contributed by atoms with van der Waals surface area (Å²) in [6.45, 7) is -2.80. The largest absolute Gasteiger partial charge is 0.353 e. The minimum atomic E-state index is -3.28. The van der Waals surface area contributed by atoms with Gasteiger partial charge in [0.05, 0.1) is 19.0 Å². The highest BCUT2D eigenvalue weighted by molar-refractivity contribution is 8.07. The zero-order valence-electron chi connectivity index (χ0n) is 14.1. The van der Waals surface area contributed by atoms with Gasteiger partial charge in [0.25, 0.3) is 0 Å². The van der Waals surface area contributed by atoms with Crippen LogP contribution in [0.15, 0.2) is 0 Å². The van der Waals surface area contributed by atoms with Gasteiger partial charge in [-0.25, -0.2) is 4.89 Å². The van der Waals surface area contributed by atoms with Crippen LogP contribution in [-0.4, -0.2) is 59.2 Å². The second-order valence-corrected chi connectivity index (χ2v) is 9.40. The molecular formula is C14H24NO7PS2. The predicted octanol–water partition coefficient (Wildman–Crippen LogP) is 1.81. The van der Waals surface area contributed by atoms with E-state index in [9.17, 15) is 19.3 Å². The van der Waals surface area contributed by atoms with Gasteiger partial charge in [0.2, 0.25) is 11.8 Å². The lowest BCUT2D eigenvalue weighted by Crippen LogP contribution is -2.32. The Morgan fingerprint density at radius 2 is 2.08 bits per heavy atom. The van der Waals surface area contributed by atoms with Gasteiger partial charge in [-0.15, -0.1) is 16.4 Å². The van der Waals surface area contributed by atoms with Crippen LogP contribution >= 0.6 is 18.5 Å². The normalized spacial score (nSPS) is 20.1. The molecule has 2 unspecified atom stereocenters. The second kappa shape index (κ2) is 12.1. The highest BCUT2D eigenvalue weighted by atomic mass is 32.5. The van der Waals surface area contributed by atoms with Crippen LogP contribution in [0, 0.1) is 0 Å². The van der Waals surface area contributed by atoms with E-state index in [1.807, 2.05) is 0 Å². The first kappa shape index (κ1) is 22.7. The van der Waals surface area contributed by atoms with E-state index in [2.05, 4.69) is 9.56 Å². The molecule has 0 radical (unpaired) electrons. The summed E-state index contributed by atoms with van der Waals surface area (Å²) >= 11 is 6.18. The van der Waals surface area contributed by atoms with Crippen LogP contribution in [0.3, 0.4) is 0 Å². The average Bonchev–Trinajstić information content (AvgIpc) is 2.82. The summed E-state index contributed by atoms with van der Waals surface area (Å²) in [6, 6.07) is 0. The third-order valence-electron chi connectivity index (χ3n) is 3.45. The van der Waals surface area contributed by atoms with Gasteiger partial charge in [-0.3, -0.25) is 14.5 Å². The Morgan fingerprint density at radius 1 is 1.36 bits per heavy atom. The maximum atomic E-state index is 12.1. The van der Waals surface area contributed by atoms with Crippen LogP contribution in [0.1, 0.15) is 38.5 Å².